The van der Waals surface area contributed by atoms with Crippen LogP contribution in [0.5, 0.6) is 0 Å². The molecule has 1 aromatic rings. The van der Waals surface area contributed by atoms with E-state index in [2.05, 4.69) is 42.0 Å². The lowest BCUT2D eigenvalue weighted by Gasteiger charge is -2.21. The zero-order valence-electron chi connectivity index (χ0n) is 12.2. The highest BCUT2D eigenvalue weighted by atomic mass is 16.1. The molecule has 4 nitrogen and oxygen atoms in total. The lowest BCUT2D eigenvalue weighted by atomic mass is 10.1. The molecule has 1 heterocycles. The van der Waals surface area contributed by atoms with Crippen molar-refractivity contribution in [3.63, 3.8) is 0 Å². The number of nitrogens with zero attached hydrogens (tertiary/aromatic N) is 1. The Bertz CT molecular complexity index is 427. The summed E-state index contributed by atoms with van der Waals surface area (Å²) in [5.41, 5.74) is 1.34. The van der Waals surface area contributed by atoms with Crippen LogP contribution in [-0.2, 0) is 17.9 Å². The molecule has 2 rings (SSSR count). The van der Waals surface area contributed by atoms with Crippen LogP contribution in [-0.4, -0.2) is 22.1 Å². The first kappa shape index (κ1) is 14.1. The Morgan fingerprint density at radius 3 is 2.79 bits per heavy atom. The van der Waals surface area contributed by atoms with E-state index in [0.717, 1.165) is 25.9 Å². The van der Waals surface area contributed by atoms with Crippen molar-refractivity contribution in [2.75, 3.05) is 0 Å². The summed E-state index contributed by atoms with van der Waals surface area (Å²) in [4.78, 5) is 11.7. The fraction of sp³-hybridized carbons (Fsp3) is 0.667. The van der Waals surface area contributed by atoms with Gasteiger partial charge >= 0.3 is 0 Å². The maximum Gasteiger partial charge on any atom is 0.222 e. The fourth-order valence-electron chi connectivity index (χ4n) is 1.93. The molecule has 0 spiro atoms. The summed E-state index contributed by atoms with van der Waals surface area (Å²) in [6, 6.07) is 4.61. The molecular formula is C15H25N3O. The summed E-state index contributed by atoms with van der Waals surface area (Å²) < 4.78 is 2.16. The highest BCUT2D eigenvalue weighted by molar-refractivity contribution is 5.76. The van der Waals surface area contributed by atoms with Gasteiger partial charge in [-0.3, -0.25) is 4.79 Å². The topological polar surface area (TPSA) is 46.1 Å². The second kappa shape index (κ2) is 5.78. The number of amides is 1. The van der Waals surface area contributed by atoms with Crippen molar-refractivity contribution in [3.8, 4) is 0 Å². The Hall–Kier alpha value is -1.29. The molecule has 0 bridgehead atoms. The largest absolute Gasteiger partial charge is 0.353 e. The van der Waals surface area contributed by atoms with Crippen LogP contribution in [0.25, 0.3) is 0 Å². The molecule has 19 heavy (non-hydrogen) atoms. The van der Waals surface area contributed by atoms with Gasteiger partial charge in [0.2, 0.25) is 5.91 Å². The number of hydrogen-bond donors (Lipinski definition) is 2. The Balaban J connectivity index is 1.79. The average Bonchev–Trinajstić information content (AvgIpc) is 3.00. The minimum Gasteiger partial charge on any atom is -0.353 e. The van der Waals surface area contributed by atoms with E-state index in [-0.39, 0.29) is 11.4 Å². The summed E-state index contributed by atoms with van der Waals surface area (Å²) >= 11 is 0. The third-order valence-electron chi connectivity index (χ3n) is 3.25. The van der Waals surface area contributed by atoms with Crippen molar-refractivity contribution < 1.29 is 4.79 Å². The van der Waals surface area contributed by atoms with Crippen LogP contribution < -0.4 is 10.6 Å². The molecule has 1 amide bonds. The molecule has 1 fully saturated rings. The Morgan fingerprint density at radius 1 is 1.42 bits per heavy atom. The Morgan fingerprint density at radius 2 is 2.16 bits per heavy atom. The van der Waals surface area contributed by atoms with Gasteiger partial charge in [-0.1, -0.05) is 0 Å². The number of aromatic nitrogens is 1. The predicted octanol–water partition coefficient (Wildman–Crippen LogP) is 2.04. The van der Waals surface area contributed by atoms with Crippen LogP contribution >= 0.6 is 0 Å². The standard InChI is InChI=1S/C15H25N3O/c1-15(2,3)16-11-13-5-4-9-18(13)10-8-14(19)17-12-6-7-12/h4-5,9,12,16H,6-8,10-11H2,1-3H3,(H,17,19). The highest BCUT2D eigenvalue weighted by Crippen LogP contribution is 2.18. The SMILES string of the molecule is CC(C)(C)NCc1cccn1CCC(=O)NC1CC1. The molecule has 0 saturated heterocycles. The van der Waals surface area contributed by atoms with Crippen molar-refractivity contribution in [3.05, 3.63) is 24.0 Å². The quantitative estimate of drug-likeness (QED) is 0.825. The third-order valence-corrected chi connectivity index (χ3v) is 3.25. The molecule has 0 atom stereocenters. The van der Waals surface area contributed by atoms with Crippen molar-refractivity contribution in [2.45, 2.75) is 64.7 Å². The molecule has 1 aliphatic carbocycles. The van der Waals surface area contributed by atoms with E-state index in [0.29, 0.717) is 12.5 Å². The molecule has 4 heteroatoms. The summed E-state index contributed by atoms with van der Waals surface area (Å²) in [6.07, 6.45) is 4.91. The van der Waals surface area contributed by atoms with E-state index in [1.807, 2.05) is 12.3 Å². The van der Waals surface area contributed by atoms with Gasteiger partial charge < -0.3 is 15.2 Å². The van der Waals surface area contributed by atoms with Gasteiger partial charge in [0.05, 0.1) is 0 Å². The smallest absolute Gasteiger partial charge is 0.222 e. The van der Waals surface area contributed by atoms with Crippen LogP contribution in [0.1, 0.15) is 45.7 Å². The number of aryl methyl sites for hydroxylation is 1. The predicted molar refractivity (Wildman–Crippen MR) is 76.8 cm³/mol. The average molecular weight is 263 g/mol. The molecule has 1 saturated carbocycles. The van der Waals surface area contributed by atoms with E-state index in [4.69, 9.17) is 0 Å². The van der Waals surface area contributed by atoms with Crippen LogP contribution in [0.4, 0.5) is 0 Å². The maximum absolute atomic E-state index is 11.7. The minimum absolute atomic E-state index is 0.110. The summed E-state index contributed by atoms with van der Waals surface area (Å²) in [6.45, 7) is 8.06. The Labute approximate surface area is 115 Å². The molecule has 106 valence electrons. The van der Waals surface area contributed by atoms with Gasteiger partial charge in [0, 0.05) is 43.0 Å². The van der Waals surface area contributed by atoms with Gasteiger partial charge in [0.1, 0.15) is 0 Å². The van der Waals surface area contributed by atoms with E-state index >= 15 is 0 Å². The lowest BCUT2D eigenvalue weighted by Crippen LogP contribution is -2.35. The van der Waals surface area contributed by atoms with Gasteiger partial charge in [-0.25, -0.2) is 0 Å². The Kier molecular flexibility index (Phi) is 4.30. The van der Waals surface area contributed by atoms with Gasteiger partial charge in [0.25, 0.3) is 0 Å². The number of carbonyl (C=O) groups excluding carboxylic acids is 1. The number of carbonyl (C=O) groups is 1. The maximum atomic E-state index is 11.7. The first-order valence-electron chi connectivity index (χ1n) is 7.12. The molecule has 0 aromatic carbocycles. The fourth-order valence-corrected chi connectivity index (χ4v) is 1.93. The lowest BCUT2D eigenvalue weighted by molar-refractivity contribution is -0.121. The summed E-state index contributed by atoms with van der Waals surface area (Å²) in [5, 5.41) is 6.50. The molecule has 0 radical (unpaired) electrons. The second-order valence-electron chi connectivity index (χ2n) is 6.39. The number of rotatable bonds is 6. The number of nitrogens with one attached hydrogen (secondary N) is 2. The molecule has 2 N–H and O–H groups in total. The molecule has 1 aliphatic rings. The minimum atomic E-state index is 0.110. The number of hydrogen-bond acceptors (Lipinski definition) is 2. The summed E-state index contributed by atoms with van der Waals surface area (Å²) in [7, 11) is 0. The highest BCUT2D eigenvalue weighted by Gasteiger charge is 2.22. The first-order valence-corrected chi connectivity index (χ1v) is 7.12. The van der Waals surface area contributed by atoms with E-state index in [9.17, 15) is 4.79 Å². The monoisotopic (exact) mass is 263 g/mol. The van der Waals surface area contributed by atoms with Crippen molar-refractivity contribution >= 4 is 5.91 Å². The normalized spacial score (nSPS) is 15.5. The second-order valence-corrected chi connectivity index (χ2v) is 6.39. The zero-order chi connectivity index (χ0) is 13.9. The molecule has 1 aromatic heterocycles. The molecule has 0 aliphatic heterocycles. The summed E-state index contributed by atoms with van der Waals surface area (Å²) in [5.74, 6) is 0.172. The van der Waals surface area contributed by atoms with E-state index < -0.39 is 0 Å². The van der Waals surface area contributed by atoms with Crippen molar-refractivity contribution in [2.24, 2.45) is 0 Å². The van der Waals surface area contributed by atoms with Crippen molar-refractivity contribution in [1.82, 2.24) is 15.2 Å². The van der Waals surface area contributed by atoms with Crippen LogP contribution in [0.2, 0.25) is 0 Å². The van der Waals surface area contributed by atoms with Crippen LogP contribution in [0.15, 0.2) is 18.3 Å². The zero-order valence-corrected chi connectivity index (χ0v) is 12.2. The van der Waals surface area contributed by atoms with Gasteiger partial charge in [-0.15, -0.1) is 0 Å². The molecule has 0 unspecified atom stereocenters. The van der Waals surface area contributed by atoms with Gasteiger partial charge in [-0.2, -0.15) is 0 Å². The van der Waals surface area contributed by atoms with Crippen LogP contribution in [0.3, 0.4) is 0 Å². The van der Waals surface area contributed by atoms with E-state index in [1.165, 1.54) is 5.69 Å². The van der Waals surface area contributed by atoms with Crippen molar-refractivity contribution in [1.29, 1.82) is 0 Å². The molecular weight excluding hydrogens is 238 g/mol. The van der Waals surface area contributed by atoms with Gasteiger partial charge in [0.15, 0.2) is 0 Å². The van der Waals surface area contributed by atoms with E-state index in [1.54, 1.807) is 0 Å². The third kappa shape index (κ3) is 5.07. The van der Waals surface area contributed by atoms with Crippen LogP contribution in [0, 0.1) is 0 Å². The first-order chi connectivity index (χ1) is 8.94. The van der Waals surface area contributed by atoms with Gasteiger partial charge in [-0.05, 0) is 45.7 Å².